The predicted octanol–water partition coefficient (Wildman–Crippen LogP) is 2.06. The smallest absolute Gasteiger partial charge is 0.315 e. The molecular weight excluding hydrogens is 332 g/mol. The molecule has 7 nitrogen and oxygen atoms in total. The fourth-order valence-electron chi connectivity index (χ4n) is 3.44. The molecule has 8 heteroatoms. The number of carbonyl (C=O) groups is 3. The Kier molecular flexibility index (Phi) is 7.20. The Hall–Kier alpha value is -1.44. The van der Waals surface area contributed by atoms with Gasteiger partial charge in [-0.2, -0.15) is 11.8 Å². The Morgan fingerprint density at radius 2 is 1.88 bits per heavy atom. The average molecular weight is 358 g/mol. The molecule has 0 radical (unpaired) electrons. The SMILES string of the molecule is O=C(O)CCCCCC(CCC[C@@H]1SC[C@@H]2NC(=O)N[C@@H]21)C(=O)O. The number of unbranched alkanes of at least 4 members (excludes halogenated alkanes) is 2. The molecule has 24 heavy (non-hydrogen) atoms. The van der Waals surface area contributed by atoms with Crippen LogP contribution in [0.25, 0.3) is 0 Å². The van der Waals surface area contributed by atoms with Crippen LogP contribution in [0.4, 0.5) is 4.79 Å². The van der Waals surface area contributed by atoms with Gasteiger partial charge in [0, 0.05) is 17.4 Å². The largest absolute Gasteiger partial charge is 0.481 e. The molecule has 2 saturated heterocycles. The van der Waals surface area contributed by atoms with Crippen LogP contribution in [0.2, 0.25) is 0 Å². The summed E-state index contributed by atoms with van der Waals surface area (Å²) in [5, 5.41) is 24.1. The number of fused-ring (bicyclic) bond motifs is 1. The maximum absolute atomic E-state index is 11.4. The Labute approximate surface area is 145 Å². The summed E-state index contributed by atoms with van der Waals surface area (Å²) in [5.41, 5.74) is 0. The second kappa shape index (κ2) is 9.15. The number of hydrogen-bond acceptors (Lipinski definition) is 4. The van der Waals surface area contributed by atoms with Crippen molar-refractivity contribution in [3.05, 3.63) is 0 Å². The highest BCUT2D eigenvalue weighted by atomic mass is 32.2. The van der Waals surface area contributed by atoms with E-state index in [0.29, 0.717) is 24.5 Å². The summed E-state index contributed by atoms with van der Waals surface area (Å²) in [4.78, 5) is 33.1. The normalized spacial score (nSPS) is 26.5. The first kappa shape index (κ1) is 18.9. The first-order valence-electron chi connectivity index (χ1n) is 8.60. The molecular formula is C16H26N2O5S. The fraction of sp³-hybridized carbons (Fsp3) is 0.812. The zero-order valence-electron chi connectivity index (χ0n) is 13.7. The molecule has 2 rings (SSSR count). The van der Waals surface area contributed by atoms with Crippen molar-refractivity contribution < 1.29 is 24.6 Å². The number of carboxylic acid groups (broad SMARTS) is 2. The van der Waals surface area contributed by atoms with Gasteiger partial charge < -0.3 is 20.8 Å². The second-order valence-corrected chi connectivity index (χ2v) is 7.85. The summed E-state index contributed by atoms with van der Waals surface area (Å²) < 4.78 is 0. The number of amides is 2. The van der Waals surface area contributed by atoms with Crippen LogP contribution in [-0.2, 0) is 9.59 Å². The molecule has 0 aromatic heterocycles. The quantitative estimate of drug-likeness (QED) is 0.332. The Balaban J connectivity index is 1.63. The molecule has 4 N–H and O–H groups in total. The van der Waals surface area contributed by atoms with E-state index in [-0.39, 0.29) is 30.5 Å². The molecule has 2 aliphatic heterocycles. The van der Waals surface area contributed by atoms with E-state index in [2.05, 4.69) is 10.6 Å². The number of nitrogens with one attached hydrogen (secondary N) is 2. The lowest BCUT2D eigenvalue weighted by Crippen LogP contribution is -2.36. The van der Waals surface area contributed by atoms with Crippen LogP contribution in [0.15, 0.2) is 0 Å². The highest BCUT2D eigenvalue weighted by Crippen LogP contribution is 2.33. The third-order valence-electron chi connectivity index (χ3n) is 4.77. The van der Waals surface area contributed by atoms with Gasteiger partial charge in [-0.3, -0.25) is 9.59 Å². The van der Waals surface area contributed by atoms with Crippen molar-refractivity contribution in [2.45, 2.75) is 68.7 Å². The molecule has 2 fully saturated rings. The van der Waals surface area contributed by atoms with Crippen LogP contribution in [0, 0.1) is 5.92 Å². The van der Waals surface area contributed by atoms with Crippen molar-refractivity contribution in [3.63, 3.8) is 0 Å². The summed E-state index contributed by atoms with van der Waals surface area (Å²) >= 11 is 1.84. The maximum atomic E-state index is 11.4. The van der Waals surface area contributed by atoms with Gasteiger partial charge in [-0.25, -0.2) is 4.79 Å². The number of rotatable bonds is 11. The molecule has 0 aromatic rings. The Bertz CT molecular complexity index is 473. The van der Waals surface area contributed by atoms with Crippen molar-refractivity contribution in [3.8, 4) is 0 Å². The minimum absolute atomic E-state index is 0.0972. The maximum Gasteiger partial charge on any atom is 0.315 e. The van der Waals surface area contributed by atoms with E-state index in [1.165, 1.54) is 0 Å². The molecule has 0 spiro atoms. The number of hydrogen-bond donors (Lipinski definition) is 4. The number of carboxylic acids is 2. The van der Waals surface area contributed by atoms with E-state index in [1.807, 2.05) is 11.8 Å². The standard InChI is InChI=1S/C16H26N2O5S/c19-13(20)8-3-1-2-5-10(15(21)22)6-4-7-12-14-11(9-24-12)17-16(23)18-14/h10-12,14H,1-9H2,(H,19,20)(H,21,22)(H2,17,18,23)/t10?,11-,12-,14-/m0/s1. The van der Waals surface area contributed by atoms with Gasteiger partial charge in [-0.05, 0) is 25.7 Å². The summed E-state index contributed by atoms with van der Waals surface area (Å²) in [5.74, 6) is -1.000. The predicted molar refractivity (Wildman–Crippen MR) is 91.2 cm³/mol. The highest BCUT2D eigenvalue weighted by Gasteiger charge is 2.42. The second-order valence-electron chi connectivity index (χ2n) is 6.58. The number of thioether (sulfide) groups is 1. The van der Waals surface area contributed by atoms with Gasteiger partial charge >= 0.3 is 18.0 Å². The van der Waals surface area contributed by atoms with Gasteiger partial charge in [0.2, 0.25) is 0 Å². The van der Waals surface area contributed by atoms with E-state index in [0.717, 1.165) is 31.4 Å². The lowest BCUT2D eigenvalue weighted by molar-refractivity contribution is -0.142. The zero-order valence-corrected chi connectivity index (χ0v) is 14.5. The molecule has 136 valence electrons. The van der Waals surface area contributed by atoms with Gasteiger partial charge in [0.25, 0.3) is 0 Å². The Morgan fingerprint density at radius 1 is 1.12 bits per heavy atom. The lowest BCUT2D eigenvalue weighted by Gasteiger charge is -2.18. The van der Waals surface area contributed by atoms with Crippen LogP contribution in [-0.4, -0.2) is 51.3 Å². The minimum atomic E-state index is -0.800. The third-order valence-corrected chi connectivity index (χ3v) is 6.28. The van der Waals surface area contributed by atoms with Crippen LogP contribution in [0.5, 0.6) is 0 Å². The van der Waals surface area contributed by atoms with E-state index in [1.54, 1.807) is 0 Å². The van der Waals surface area contributed by atoms with Gasteiger partial charge in [0.05, 0.1) is 18.0 Å². The van der Waals surface area contributed by atoms with Crippen LogP contribution in [0.3, 0.4) is 0 Å². The topological polar surface area (TPSA) is 116 Å². The molecule has 0 aliphatic carbocycles. The van der Waals surface area contributed by atoms with Crippen molar-refractivity contribution in [2.24, 2.45) is 5.92 Å². The van der Waals surface area contributed by atoms with Gasteiger partial charge in [-0.15, -0.1) is 0 Å². The van der Waals surface area contributed by atoms with Crippen molar-refractivity contribution in [1.82, 2.24) is 10.6 Å². The average Bonchev–Trinajstić information content (AvgIpc) is 3.04. The van der Waals surface area contributed by atoms with Crippen molar-refractivity contribution in [2.75, 3.05) is 5.75 Å². The molecule has 1 unspecified atom stereocenters. The molecule has 0 bridgehead atoms. The fourth-order valence-corrected chi connectivity index (χ4v) is 4.99. The number of aliphatic carboxylic acids is 2. The van der Waals surface area contributed by atoms with Crippen LogP contribution < -0.4 is 10.6 Å². The molecule has 0 saturated carbocycles. The lowest BCUT2D eigenvalue weighted by atomic mass is 9.93. The molecule has 0 aromatic carbocycles. The first-order chi connectivity index (χ1) is 11.5. The summed E-state index contributed by atoms with van der Waals surface area (Å²) in [6.07, 6.45) is 5.28. The van der Waals surface area contributed by atoms with Gasteiger partial charge in [-0.1, -0.05) is 19.3 Å². The van der Waals surface area contributed by atoms with Crippen LogP contribution >= 0.6 is 11.8 Å². The number of carbonyl (C=O) groups excluding carboxylic acids is 1. The summed E-state index contributed by atoms with van der Waals surface area (Å²) in [6, 6.07) is 0.277. The van der Waals surface area contributed by atoms with Gasteiger partial charge in [0.15, 0.2) is 0 Å². The van der Waals surface area contributed by atoms with E-state index < -0.39 is 11.9 Å². The highest BCUT2D eigenvalue weighted by molar-refractivity contribution is 8.00. The first-order valence-corrected chi connectivity index (χ1v) is 9.65. The number of urea groups is 1. The Morgan fingerprint density at radius 3 is 2.58 bits per heavy atom. The summed E-state index contributed by atoms with van der Waals surface area (Å²) in [6.45, 7) is 0. The van der Waals surface area contributed by atoms with Gasteiger partial charge in [0.1, 0.15) is 0 Å². The van der Waals surface area contributed by atoms with E-state index in [9.17, 15) is 19.5 Å². The third kappa shape index (κ3) is 5.58. The van der Waals surface area contributed by atoms with E-state index in [4.69, 9.17) is 5.11 Å². The molecule has 2 heterocycles. The minimum Gasteiger partial charge on any atom is -0.481 e. The zero-order chi connectivity index (χ0) is 17.5. The monoisotopic (exact) mass is 358 g/mol. The molecule has 2 aliphatic rings. The van der Waals surface area contributed by atoms with Crippen molar-refractivity contribution in [1.29, 1.82) is 0 Å². The van der Waals surface area contributed by atoms with E-state index >= 15 is 0 Å². The van der Waals surface area contributed by atoms with Crippen LogP contribution in [0.1, 0.15) is 51.4 Å². The molecule has 2 amide bonds. The molecule has 4 atom stereocenters. The van der Waals surface area contributed by atoms with Crippen molar-refractivity contribution >= 4 is 29.7 Å². The summed E-state index contributed by atoms with van der Waals surface area (Å²) in [7, 11) is 0.